The smallest absolute Gasteiger partial charge is 0.163 e. The maximum Gasteiger partial charge on any atom is 0.163 e. The molecule has 0 amide bonds. The number of likely N-dealkylation sites (tertiary alicyclic amines) is 1. The molecule has 0 saturated carbocycles. The summed E-state index contributed by atoms with van der Waals surface area (Å²) < 4.78 is 11.9. The molecule has 2 aromatic rings. The van der Waals surface area contributed by atoms with E-state index in [-0.39, 0.29) is 0 Å². The minimum Gasteiger partial charge on any atom is -0.493 e. The molecule has 6 nitrogen and oxygen atoms in total. The molecule has 1 aliphatic heterocycles. The molecular weight excluding hydrogens is 414 g/mol. The van der Waals surface area contributed by atoms with E-state index in [1.807, 2.05) is 13.8 Å². The van der Waals surface area contributed by atoms with E-state index < -0.39 is 5.60 Å². The first kappa shape index (κ1) is 24.1. The number of methoxy groups -OCH3 is 1. The standard InChI is InChI=1S/C27H41N3O3/c1-27(2,31)12-13-28-26-20-10-5-4-6-11-22(20)29-23-19-25(24(32-3)18-21(23)26)33-17-9-16-30-14-7-8-15-30/h18-19,31H,4-17H2,1-3H3,(H,28,29). The topological polar surface area (TPSA) is 66.8 Å². The van der Waals surface area contributed by atoms with Crippen molar-refractivity contribution in [3.63, 3.8) is 0 Å². The summed E-state index contributed by atoms with van der Waals surface area (Å²) in [6.07, 6.45) is 10.0. The minimum atomic E-state index is -0.694. The number of fused-ring (bicyclic) bond motifs is 2. The van der Waals surface area contributed by atoms with Crippen molar-refractivity contribution >= 4 is 16.6 Å². The first-order valence-electron chi connectivity index (χ1n) is 12.8. The number of hydrogen-bond donors (Lipinski definition) is 2. The molecule has 182 valence electrons. The highest BCUT2D eigenvalue weighted by Crippen LogP contribution is 2.39. The van der Waals surface area contributed by atoms with Gasteiger partial charge in [0, 0.05) is 35.9 Å². The van der Waals surface area contributed by atoms with Crippen molar-refractivity contribution in [2.24, 2.45) is 0 Å². The Morgan fingerprint density at radius 3 is 2.61 bits per heavy atom. The number of hydrogen-bond acceptors (Lipinski definition) is 6. The van der Waals surface area contributed by atoms with Gasteiger partial charge in [0.1, 0.15) is 0 Å². The van der Waals surface area contributed by atoms with Gasteiger partial charge in [0.25, 0.3) is 0 Å². The molecule has 1 aromatic heterocycles. The number of aliphatic hydroxyl groups is 1. The van der Waals surface area contributed by atoms with E-state index in [1.165, 1.54) is 56.5 Å². The van der Waals surface area contributed by atoms with Crippen LogP contribution in [-0.2, 0) is 12.8 Å². The van der Waals surface area contributed by atoms with Crippen molar-refractivity contribution < 1.29 is 14.6 Å². The molecule has 1 aliphatic carbocycles. The van der Waals surface area contributed by atoms with Crippen LogP contribution in [0.15, 0.2) is 12.1 Å². The minimum absolute atomic E-state index is 0.681. The molecule has 4 rings (SSSR count). The van der Waals surface area contributed by atoms with Crippen LogP contribution in [0.25, 0.3) is 10.9 Å². The Hall–Kier alpha value is -2.05. The highest BCUT2D eigenvalue weighted by molar-refractivity contribution is 5.95. The fourth-order valence-electron chi connectivity index (χ4n) is 5.05. The summed E-state index contributed by atoms with van der Waals surface area (Å²) in [6, 6.07) is 4.13. The number of nitrogens with zero attached hydrogens (tertiary/aromatic N) is 2. The zero-order chi connectivity index (χ0) is 23.3. The van der Waals surface area contributed by atoms with E-state index in [2.05, 4.69) is 22.3 Å². The first-order valence-corrected chi connectivity index (χ1v) is 12.8. The number of ether oxygens (including phenoxy) is 2. The molecule has 33 heavy (non-hydrogen) atoms. The van der Waals surface area contributed by atoms with Gasteiger partial charge >= 0.3 is 0 Å². The third-order valence-corrected chi connectivity index (χ3v) is 6.91. The lowest BCUT2D eigenvalue weighted by atomic mass is 10.0. The van der Waals surface area contributed by atoms with Crippen LogP contribution in [0.3, 0.4) is 0 Å². The van der Waals surface area contributed by atoms with Crippen LogP contribution in [0.1, 0.15) is 70.1 Å². The maximum atomic E-state index is 10.2. The number of rotatable bonds is 10. The Bertz CT molecular complexity index is 933. The van der Waals surface area contributed by atoms with E-state index in [1.54, 1.807) is 7.11 Å². The second-order valence-corrected chi connectivity index (χ2v) is 10.2. The van der Waals surface area contributed by atoms with Gasteiger partial charge in [-0.2, -0.15) is 0 Å². The zero-order valence-electron chi connectivity index (χ0n) is 20.7. The Kier molecular flexibility index (Phi) is 7.97. The third kappa shape index (κ3) is 6.30. The number of aryl methyl sites for hydroxylation is 1. The van der Waals surface area contributed by atoms with Crippen molar-refractivity contribution in [1.82, 2.24) is 9.88 Å². The highest BCUT2D eigenvalue weighted by atomic mass is 16.5. The average molecular weight is 456 g/mol. The fourth-order valence-corrected chi connectivity index (χ4v) is 5.05. The van der Waals surface area contributed by atoms with Crippen molar-refractivity contribution in [2.45, 2.75) is 77.2 Å². The van der Waals surface area contributed by atoms with Crippen LogP contribution in [-0.4, -0.2) is 60.5 Å². The lowest BCUT2D eigenvalue weighted by Gasteiger charge is -2.22. The second-order valence-electron chi connectivity index (χ2n) is 10.2. The number of benzene rings is 1. The van der Waals surface area contributed by atoms with Crippen molar-refractivity contribution in [2.75, 3.05) is 45.2 Å². The summed E-state index contributed by atoms with van der Waals surface area (Å²) >= 11 is 0. The van der Waals surface area contributed by atoms with Crippen molar-refractivity contribution in [3.05, 3.63) is 23.4 Å². The van der Waals surface area contributed by atoms with E-state index in [9.17, 15) is 5.11 Å². The summed E-state index contributed by atoms with van der Waals surface area (Å²) in [5.74, 6) is 1.53. The van der Waals surface area contributed by atoms with E-state index in [0.717, 1.165) is 53.9 Å². The quantitative estimate of drug-likeness (QED) is 0.390. The first-order chi connectivity index (χ1) is 15.9. The summed E-state index contributed by atoms with van der Waals surface area (Å²) in [4.78, 5) is 7.60. The van der Waals surface area contributed by atoms with Crippen molar-refractivity contribution in [3.8, 4) is 11.5 Å². The van der Waals surface area contributed by atoms with Gasteiger partial charge < -0.3 is 24.8 Å². The molecule has 2 N–H and O–H groups in total. The van der Waals surface area contributed by atoms with Crippen LogP contribution in [0.2, 0.25) is 0 Å². The summed E-state index contributed by atoms with van der Waals surface area (Å²) in [5.41, 5.74) is 3.95. The maximum absolute atomic E-state index is 10.2. The third-order valence-electron chi connectivity index (χ3n) is 6.91. The molecule has 1 saturated heterocycles. The van der Waals surface area contributed by atoms with E-state index >= 15 is 0 Å². The molecule has 0 bridgehead atoms. The summed E-state index contributed by atoms with van der Waals surface area (Å²) in [5, 5.41) is 14.9. The van der Waals surface area contributed by atoms with Gasteiger partial charge in [-0.3, -0.25) is 4.98 Å². The van der Waals surface area contributed by atoms with E-state index in [0.29, 0.717) is 19.6 Å². The van der Waals surface area contributed by atoms with Gasteiger partial charge in [-0.05, 0) is 89.9 Å². The van der Waals surface area contributed by atoms with Crippen LogP contribution < -0.4 is 14.8 Å². The van der Waals surface area contributed by atoms with Crippen LogP contribution >= 0.6 is 0 Å². The van der Waals surface area contributed by atoms with Crippen LogP contribution in [0.4, 0.5) is 5.69 Å². The van der Waals surface area contributed by atoms with Gasteiger partial charge in [0.05, 0.1) is 24.8 Å². The van der Waals surface area contributed by atoms with Gasteiger partial charge in [-0.25, -0.2) is 0 Å². The molecule has 2 heterocycles. The number of anilines is 1. The summed E-state index contributed by atoms with van der Waals surface area (Å²) in [6.45, 7) is 8.64. The normalized spacial score (nSPS) is 17.1. The molecule has 6 heteroatoms. The average Bonchev–Trinajstić information content (AvgIpc) is 3.19. The van der Waals surface area contributed by atoms with Gasteiger partial charge in [0.15, 0.2) is 11.5 Å². The largest absolute Gasteiger partial charge is 0.493 e. The predicted octanol–water partition coefficient (Wildman–Crippen LogP) is 4.95. The lowest BCUT2D eigenvalue weighted by Crippen LogP contribution is -2.23. The van der Waals surface area contributed by atoms with Crippen molar-refractivity contribution in [1.29, 1.82) is 0 Å². The van der Waals surface area contributed by atoms with Gasteiger partial charge in [0.2, 0.25) is 0 Å². The number of nitrogens with one attached hydrogen (secondary N) is 1. The predicted molar refractivity (Wildman–Crippen MR) is 135 cm³/mol. The molecular formula is C27H41N3O3. The molecule has 1 aromatic carbocycles. The molecule has 1 fully saturated rings. The Labute approximate surface area is 198 Å². The molecule has 0 radical (unpaired) electrons. The van der Waals surface area contributed by atoms with Crippen LogP contribution in [0.5, 0.6) is 11.5 Å². The SMILES string of the molecule is COc1cc2c(NCCC(C)(C)O)c3c(nc2cc1OCCCN1CCCC1)CCCCC3. The molecule has 0 atom stereocenters. The van der Waals surface area contributed by atoms with Gasteiger partial charge in [-0.1, -0.05) is 6.42 Å². The molecule has 0 unspecified atom stereocenters. The molecule has 0 spiro atoms. The van der Waals surface area contributed by atoms with Crippen LogP contribution in [0, 0.1) is 0 Å². The Balaban J connectivity index is 1.59. The highest BCUT2D eigenvalue weighted by Gasteiger charge is 2.21. The van der Waals surface area contributed by atoms with E-state index in [4.69, 9.17) is 14.5 Å². The second kappa shape index (κ2) is 10.9. The zero-order valence-corrected chi connectivity index (χ0v) is 20.7. The number of aromatic nitrogens is 1. The Morgan fingerprint density at radius 2 is 1.85 bits per heavy atom. The number of pyridine rings is 1. The monoisotopic (exact) mass is 455 g/mol. The lowest BCUT2D eigenvalue weighted by molar-refractivity contribution is 0.0749. The van der Waals surface area contributed by atoms with Gasteiger partial charge in [-0.15, -0.1) is 0 Å². The fraction of sp³-hybridized carbons (Fsp3) is 0.667. The molecule has 2 aliphatic rings. The summed E-state index contributed by atoms with van der Waals surface area (Å²) in [7, 11) is 1.70. The Morgan fingerprint density at radius 1 is 1.06 bits per heavy atom.